The Balaban J connectivity index is 1.53. The molecule has 3 aromatic carbocycles. The maximum Gasteiger partial charge on any atom is 0.254 e. The Hall–Kier alpha value is -3.68. The number of hydrogen-bond acceptors (Lipinski definition) is 5. The largest absolute Gasteiger partial charge is 0.493 e. The van der Waals surface area contributed by atoms with Crippen LogP contribution in [0.1, 0.15) is 34.0 Å². The van der Waals surface area contributed by atoms with Crippen LogP contribution in [0, 0.1) is 0 Å². The van der Waals surface area contributed by atoms with E-state index in [1.807, 2.05) is 18.2 Å². The minimum absolute atomic E-state index is 0.138. The molecule has 4 rings (SSSR count). The van der Waals surface area contributed by atoms with Crippen LogP contribution >= 0.6 is 23.2 Å². The first-order chi connectivity index (χ1) is 19.3. The van der Waals surface area contributed by atoms with Crippen molar-refractivity contribution in [1.82, 2.24) is 9.80 Å². The van der Waals surface area contributed by atoms with E-state index in [4.69, 9.17) is 37.4 Å². The second-order valence-electron chi connectivity index (χ2n) is 9.27. The number of halogens is 2. The fourth-order valence-corrected chi connectivity index (χ4v) is 4.95. The van der Waals surface area contributed by atoms with E-state index in [1.54, 1.807) is 40.1 Å². The van der Waals surface area contributed by atoms with E-state index in [-0.39, 0.29) is 11.8 Å². The molecule has 0 atom stereocenters. The summed E-state index contributed by atoms with van der Waals surface area (Å²) in [5, 5.41) is 0.868. The fourth-order valence-electron chi connectivity index (χ4n) is 4.65. The molecule has 1 heterocycles. The number of piperazine rings is 1. The molecule has 0 radical (unpaired) electrons. The normalized spacial score (nSPS) is 13.7. The molecule has 1 aliphatic heterocycles. The predicted molar refractivity (Wildman–Crippen MR) is 158 cm³/mol. The first-order valence-corrected chi connectivity index (χ1v) is 13.7. The second-order valence-corrected chi connectivity index (χ2v) is 10.1. The summed E-state index contributed by atoms with van der Waals surface area (Å²) in [4.78, 5) is 30.2. The van der Waals surface area contributed by atoms with Gasteiger partial charge in [-0.25, -0.2) is 0 Å². The molecule has 0 bridgehead atoms. The highest BCUT2D eigenvalue weighted by atomic mass is 35.5. The van der Waals surface area contributed by atoms with Gasteiger partial charge in [0.05, 0.1) is 31.4 Å². The first-order valence-electron chi connectivity index (χ1n) is 12.9. The molecule has 9 heteroatoms. The van der Waals surface area contributed by atoms with E-state index >= 15 is 0 Å². The number of benzene rings is 3. The molecule has 0 N–H and O–H groups in total. The summed E-state index contributed by atoms with van der Waals surface area (Å²) < 4.78 is 16.1. The topological polar surface area (TPSA) is 68.3 Å². The Bertz CT molecular complexity index is 1390. The molecular weight excluding hydrogens is 551 g/mol. The lowest BCUT2D eigenvalue weighted by Crippen LogP contribution is -2.50. The minimum atomic E-state index is -0.172. The molecule has 1 saturated heterocycles. The van der Waals surface area contributed by atoms with Gasteiger partial charge >= 0.3 is 0 Å². The summed E-state index contributed by atoms with van der Waals surface area (Å²) in [5.41, 5.74) is 4.08. The highest BCUT2D eigenvalue weighted by Crippen LogP contribution is 2.38. The molecule has 0 spiro atoms. The third kappa shape index (κ3) is 6.37. The van der Waals surface area contributed by atoms with Crippen molar-refractivity contribution in [3.8, 4) is 17.2 Å². The third-order valence-corrected chi connectivity index (χ3v) is 7.70. The molecule has 7 nitrogen and oxygen atoms in total. The van der Waals surface area contributed by atoms with Gasteiger partial charge in [-0.3, -0.25) is 9.59 Å². The number of amides is 2. The van der Waals surface area contributed by atoms with Crippen LogP contribution in [0.25, 0.3) is 5.57 Å². The Morgan fingerprint density at radius 2 is 1.32 bits per heavy atom. The van der Waals surface area contributed by atoms with Gasteiger partial charge in [0.2, 0.25) is 11.7 Å². The highest BCUT2D eigenvalue weighted by molar-refractivity contribution is 6.42. The van der Waals surface area contributed by atoms with Gasteiger partial charge < -0.3 is 24.0 Å². The van der Waals surface area contributed by atoms with Gasteiger partial charge in [0.25, 0.3) is 5.91 Å². The van der Waals surface area contributed by atoms with E-state index in [0.29, 0.717) is 59.0 Å². The maximum absolute atomic E-state index is 13.5. The molecule has 40 heavy (non-hydrogen) atoms. The summed E-state index contributed by atoms with van der Waals surface area (Å²) in [7, 11) is 4.53. The first kappa shape index (κ1) is 29.3. The van der Waals surface area contributed by atoms with Gasteiger partial charge in [0.1, 0.15) is 0 Å². The Morgan fingerprint density at radius 1 is 0.750 bits per heavy atom. The van der Waals surface area contributed by atoms with Gasteiger partial charge in [-0.2, -0.15) is 0 Å². The van der Waals surface area contributed by atoms with Crippen molar-refractivity contribution in [2.75, 3.05) is 47.5 Å². The molecule has 2 amide bonds. The van der Waals surface area contributed by atoms with E-state index in [0.717, 1.165) is 23.1 Å². The molecule has 1 fully saturated rings. The zero-order valence-corrected chi connectivity index (χ0v) is 24.5. The number of methoxy groups -OCH3 is 3. The molecular formula is C31H32Cl2N2O5. The van der Waals surface area contributed by atoms with Crippen LogP contribution in [0.15, 0.2) is 60.7 Å². The molecule has 1 aliphatic rings. The average molecular weight is 584 g/mol. The lowest BCUT2D eigenvalue weighted by atomic mass is 9.96. The van der Waals surface area contributed by atoms with Crippen molar-refractivity contribution in [3.63, 3.8) is 0 Å². The number of hydrogen-bond donors (Lipinski definition) is 0. The molecule has 210 valence electrons. The number of ether oxygens (including phenoxy) is 3. The summed E-state index contributed by atoms with van der Waals surface area (Å²) in [6.07, 6.45) is 2.56. The molecule has 0 aliphatic carbocycles. The number of nitrogens with zero attached hydrogens (tertiary/aromatic N) is 2. The van der Waals surface area contributed by atoms with Crippen molar-refractivity contribution in [2.45, 2.75) is 13.3 Å². The van der Waals surface area contributed by atoms with Gasteiger partial charge in [0.15, 0.2) is 11.5 Å². The molecule has 0 aromatic heterocycles. The smallest absolute Gasteiger partial charge is 0.254 e. The minimum Gasteiger partial charge on any atom is -0.493 e. The van der Waals surface area contributed by atoms with Crippen molar-refractivity contribution < 1.29 is 23.8 Å². The summed E-state index contributed by atoms with van der Waals surface area (Å²) in [6, 6.07) is 16.8. The van der Waals surface area contributed by atoms with Gasteiger partial charge in [-0.1, -0.05) is 60.5 Å². The van der Waals surface area contributed by atoms with Crippen molar-refractivity contribution >= 4 is 40.6 Å². The monoisotopic (exact) mass is 582 g/mol. The lowest BCUT2D eigenvalue weighted by molar-refractivity contribution is -0.127. The quantitative estimate of drug-likeness (QED) is 0.305. The van der Waals surface area contributed by atoms with Crippen LogP contribution in [-0.2, 0) is 11.2 Å². The van der Waals surface area contributed by atoms with Crippen LogP contribution in [0.2, 0.25) is 10.0 Å². The molecule has 3 aromatic rings. The summed E-state index contributed by atoms with van der Waals surface area (Å²) in [5.74, 6) is 0.928. The van der Waals surface area contributed by atoms with E-state index in [9.17, 15) is 9.59 Å². The standard InChI is InChI=1S/C31H32Cl2N2O5/c1-5-20-6-8-21(9-7-20)24(22-10-11-25(32)26(33)16-22)19-29(36)34-12-14-35(15-13-34)31(37)23-17-27(38-2)30(40-4)28(18-23)39-3/h6-11,16-19H,5,12-15H2,1-4H3/b24-19+. The number of carbonyl (C=O) groups is 2. The third-order valence-electron chi connectivity index (χ3n) is 6.96. The average Bonchev–Trinajstić information content (AvgIpc) is 3.00. The van der Waals surface area contributed by atoms with Crippen molar-refractivity contribution in [2.24, 2.45) is 0 Å². The van der Waals surface area contributed by atoms with Crippen LogP contribution < -0.4 is 14.2 Å². The Kier molecular flexibility index (Phi) is 9.61. The molecule has 0 unspecified atom stereocenters. The van der Waals surface area contributed by atoms with Gasteiger partial charge in [0, 0.05) is 37.8 Å². The summed E-state index contributed by atoms with van der Waals surface area (Å²) in [6.45, 7) is 3.68. The van der Waals surface area contributed by atoms with Crippen molar-refractivity contribution in [3.05, 3.63) is 93.0 Å². The van der Waals surface area contributed by atoms with Crippen LogP contribution in [0.3, 0.4) is 0 Å². The zero-order chi connectivity index (χ0) is 28.8. The highest BCUT2D eigenvalue weighted by Gasteiger charge is 2.26. The van der Waals surface area contributed by atoms with E-state index < -0.39 is 0 Å². The van der Waals surface area contributed by atoms with Crippen LogP contribution in [-0.4, -0.2) is 69.1 Å². The molecule has 0 saturated carbocycles. The van der Waals surface area contributed by atoms with E-state index in [1.165, 1.54) is 26.9 Å². The van der Waals surface area contributed by atoms with Crippen LogP contribution in [0.4, 0.5) is 0 Å². The zero-order valence-electron chi connectivity index (χ0n) is 23.0. The number of carbonyl (C=O) groups excluding carboxylic acids is 2. The maximum atomic E-state index is 13.5. The predicted octanol–water partition coefficient (Wildman–Crippen LogP) is 6.00. The summed E-state index contributed by atoms with van der Waals surface area (Å²) >= 11 is 12.5. The van der Waals surface area contributed by atoms with Gasteiger partial charge in [-0.15, -0.1) is 0 Å². The van der Waals surface area contributed by atoms with Gasteiger partial charge in [-0.05, 0) is 52.9 Å². The van der Waals surface area contributed by atoms with Crippen molar-refractivity contribution in [1.29, 1.82) is 0 Å². The number of rotatable bonds is 8. The van der Waals surface area contributed by atoms with Crippen LogP contribution in [0.5, 0.6) is 17.2 Å². The number of aryl methyl sites for hydroxylation is 1. The lowest BCUT2D eigenvalue weighted by Gasteiger charge is -2.34. The second kappa shape index (κ2) is 13.1. The Labute approximate surface area is 244 Å². The van der Waals surface area contributed by atoms with E-state index in [2.05, 4.69) is 19.1 Å². The Morgan fingerprint density at radius 3 is 1.85 bits per heavy atom. The fraction of sp³-hybridized carbons (Fsp3) is 0.290. The SMILES string of the molecule is CCc1ccc(/C(=C\C(=O)N2CCN(C(=O)c3cc(OC)c(OC)c(OC)c3)CC2)c2ccc(Cl)c(Cl)c2)cc1.